The maximum atomic E-state index is 3.59. The van der Waals surface area contributed by atoms with Crippen LogP contribution in [0.15, 0.2) is 0 Å². The summed E-state index contributed by atoms with van der Waals surface area (Å²) in [6, 6.07) is 0. The van der Waals surface area contributed by atoms with Gasteiger partial charge in [0.25, 0.3) is 0 Å². The fraction of sp³-hybridized carbons (Fsp3) is 1.00. The van der Waals surface area contributed by atoms with Gasteiger partial charge in [-0.15, -0.1) is 0 Å². The molecule has 0 aliphatic rings. The monoisotopic (exact) mass is 203 g/mol. The smallest absolute Gasteiger partial charge is 0.105 e. The molecule has 3 nitrogen and oxygen atoms in total. The van der Waals surface area contributed by atoms with Crippen LogP contribution in [0.1, 0.15) is 34.1 Å². The number of rotatable bonds is 8. The lowest BCUT2D eigenvalue weighted by Crippen LogP contribution is -2.54. The Morgan fingerprint density at radius 2 is 1.62 bits per heavy atom. The predicted octanol–water partition coefficient (Wildman–Crippen LogP) is 0.381. The molecule has 0 saturated heterocycles. The summed E-state index contributed by atoms with van der Waals surface area (Å²) in [6.45, 7) is 10.9. The Labute approximate surface area is 85.0 Å². The SMILES string of the molecule is CCNC(NCC)N[SiH2]C(C)CC. The molecule has 0 aliphatic heterocycles. The topological polar surface area (TPSA) is 36.1 Å². The highest BCUT2D eigenvalue weighted by atomic mass is 28.2. The molecule has 1 atom stereocenters. The van der Waals surface area contributed by atoms with Crippen LogP contribution in [0.5, 0.6) is 0 Å². The summed E-state index contributed by atoms with van der Waals surface area (Å²) < 4.78 is 0. The first-order valence-corrected chi connectivity index (χ1v) is 6.97. The highest BCUT2D eigenvalue weighted by Crippen LogP contribution is 2.02. The molecule has 0 spiro atoms. The van der Waals surface area contributed by atoms with Crippen molar-refractivity contribution in [2.45, 2.75) is 45.9 Å². The van der Waals surface area contributed by atoms with Gasteiger partial charge in [-0.2, -0.15) is 0 Å². The van der Waals surface area contributed by atoms with Crippen LogP contribution in [0.25, 0.3) is 0 Å². The van der Waals surface area contributed by atoms with Crippen molar-refractivity contribution in [1.29, 1.82) is 0 Å². The molecule has 0 fully saturated rings. The Morgan fingerprint density at radius 3 is 2.00 bits per heavy atom. The van der Waals surface area contributed by atoms with Crippen molar-refractivity contribution in [3.8, 4) is 0 Å². The van der Waals surface area contributed by atoms with Crippen molar-refractivity contribution in [2.24, 2.45) is 0 Å². The van der Waals surface area contributed by atoms with Crippen molar-refractivity contribution < 1.29 is 0 Å². The zero-order chi connectivity index (χ0) is 10.1. The van der Waals surface area contributed by atoms with Crippen molar-refractivity contribution in [1.82, 2.24) is 15.6 Å². The summed E-state index contributed by atoms with van der Waals surface area (Å²) in [5, 5.41) is 6.75. The van der Waals surface area contributed by atoms with Crippen LogP contribution in [-0.4, -0.2) is 29.1 Å². The van der Waals surface area contributed by atoms with Gasteiger partial charge >= 0.3 is 0 Å². The van der Waals surface area contributed by atoms with Crippen LogP contribution in [0.3, 0.4) is 0 Å². The lowest BCUT2D eigenvalue weighted by atomic mass is 10.4. The van der Waals surface area contributed by atoms with Crippen molar-refractivity contribution in [2.75, 3.05) is 13.1 Å². The van der Waals surface area contributed by atoms with Crippen LogP contribution in [0.2, 0.25) is 5.54 Å². The van der Waals surface area contributed by atoms with E-state index in [2.05, 4.69) is 43.3 Å². The van der Waals surface area contributed by atoms with Gasteiger partial charge < -0.3 is 4.98 Å². The lowest BCUT2D eigenvalue weighted by Gasteiger charge is -2.21. The standard InChI is InChI=1S/C9H25N3Si/c1-5-8(4)13-12-9(10-6-2)11-7-3/h8-12H,5-7,13H2,1-4H3. The first kappa shape index (κ1) is 13.1. The number of hydrogen-bond acceptors (Lipinski definition) is 3. The van der Waals surface area contributed by atoms with E-state index in [9.17, 15) is 0 Å². The third-order valence-corrected chi connectivity index (χ3v) is 4.10. The van der Waals surface area contributed by atoms with E-state index in [1.165, 1.54) is 6.42 Å². The Hall–Kier alpha value is 0.0969. The van der Waals surface area contributed by atoms with Gasteiger partial charge in [0.15, 0.2) is 0 Å². The van der Waals surface area contributed by atoms with Crippen LogP contribution < -0.4 is 15.6 Å². The van der Waals surface area contributed by atoms with Crippen LogP contribution in [0, 0.1) is 0 Å². The average molecular weight is 203 g/mol. The first-order chi connectivity index (χ1) is 6.24. The first-order valence-electron chi connectivity index (χ1n) is 5.44. The zero-order valence-electron chi connectivity index (χ0n) is 9.48. The highest BCUT2D eigenvalue weighted by molar-refractivity contribution is 6.34. The summed E-state index contributed by atoms with van der Waals surface area (Å²) in [5.41, 5.74) is 0.889. The van der Waals surface area contributed by atoms with E-state index < -0.39 is 0 Å². The molecular weight excluding hydrogens is 178 g/mol. The van der Waals surface area contributed by atoms with Gasteiger partial charge in [0.1, 0.15) is 6.29 Å². The molecule has 1 unspecified atom stereocenters. The Bertz CT molecular complexity index is 105. The van der Waals surface area contributed by atoms with Gasteiger partial charge in [0, 0.05) is 0 Å². The summed E-state index contributed by atoms with van der Waals surface area (Å²) in [7, 11) is -0.127. The average Bonchev–Trinajstić information content (AvgIpc) is 2.14. The van der Waals surface area contributed by atoms with Gasteiger partial charge in [-0.1, -0.05) is 34.1 Å². The summed E-state index contributed by atoms with van der Waals surface area (Å²) in [5.74, 6) is 0. The summed E-state index contributed by atoms with van der Waals surface area (Å²) in [4.78, 5) is 3.59. The molecule has 0 aromatic rings. The van der Waals surface area contributed by atoms with Gasteiger partial charge in [-0.05, 0) is 18.6 Å². The molecule has 0 saturated carbocycles. The summed E-state index contributed by atoms with van der Waals surface area (Å²) >= 11 is 0. The molecule has 0 radical (unpaired) electrons. The maximum absolute atomic E-state index is 3.59. The number of hydrogen-bond donors (Lipinski definition) is 3. The minimum Gasteiger partial charge on any atom is -0.316 e. The molecule has 13 heavy (non-hydrogen) atoms. The van der Waals surface area contributed by atoms with Crippen molar-refractivity contribution in [3.63, 3.8) is 0 Å². The fourth-order valence-corrected chi connectivity index (χ4v) is 2.30. The predicted molar refractivity (Wildman–Crippen MR) is 62.5 cm³/mol. The van der Waals surface area contributed by atoms with E-state index in [1.54, 1.807) is 0 Å². The van der Waals surface area contributed by atoms with E-state index in [0.717, 1.165) is 18.6 Å². The highest BCUT2D eigenvalue weighted by Gasteiger charge is 2.05. The molecule has 0 bridgehead atoms. The van der Waals surface area contributed by atoms with Gasteiger partial charge in [-0.3, -0.25) is 10.6 Å². The van der Waals surface area contributed by atoms with Crippen LogP contribution in [0.4, 0.5) is 0 Å². The van der Waals surface area contributed by atoms with Crippen molar-refractivity contribution in [3.05, 3.63) is 0 Å². The largest absolute Gasteiger partial charge is 0.316 e. The molecule has 0 amide bonds. The minimum absolute atomic E-state index is 0.127. The fourth-order valence-electron chi connectivity index (χ4n) is 1.09. The quantitative estimate of drug-likeness (QED) is 0.394. The summed E-state index contributed by atoms with van der Waals surface area (Å²) in [6.07, 6.45) is 1.63. The van der Waals surface area contributed by atoms with E-state index >= 15 is 0 Å². The van der Waals surface area contributed by atoms with E-state index in [0.29, 0.717) is 6.29 Å². The van der Waals surface area contributed by atoms with Crippen LogP contribution >= 0.6 is 0 Å². The van der Waals surface area contributed by atoms with Crippen molar-refractivity contribution >= 4 is 9.68 Å². The van der Waals surface area contributed by atoms with E-state index in [4.69, 9.17) is 0 Å². The second-order valence-electron chi connectivity index (χ2n) is 3.47. The maximum Gasteiger partial charge on any atom is 0.105 e. The Balaban J connectivity index is 3.55. The van der Waals surface area contributed by atoms with Gasteiger partial charge in [0.05, 0.1) is 9.68 Å². The van der Waals surface area contributed by atoms with E-state index in [-0.39, 0.29) is 9.68 Å². The normalized spacial score (nSPS) is 14.5. The van der Waals surface area contributed by atoms with Gasteiger partial charge in [-0.25, -0.2) is 0 Å². The van der Waals surface area contributed by atoms with Crippen LogP contribution in [-0.2, 0) is 0 Å². The Kier molecular flexibility index (Phi) is 8.75. The number of nitrogens with one attached hydrogen (secondary N) is 3. The second-order valence-corrected chi connectivity index (χ2v) is 5.68. The van der Waals surface area contributed by atoms with Gasteiger partial charge in [0.2, 0.25) is 0 Å². The Morgan fingerprint density at radius 1 is 1.08 bits per heavy atom. The van der Waals surface area contributed by atoms with E-state index in [1.807, 2.05) is 0 Å². The molecule has 0 rings (SSSR count). The third kappa shape index (κ3) is 7.19. The molecular formula is C9H25N3Si. The minimum atomic E-state index is -0.127. The zero-order valence-corrected chi connectivity index (χ0v) is 10.9. The molecule has 0 heterocycles. The molecule has 0 aromatic heterocycles. The molecule has 80 valence electrons. The second kappa shape index (κ2) is 8.68. The molecule has 4 heteroatoms. The molecule has 0 aromatic carbocycles. The lowest BCUT2D eigenvalue weighted by molar-refractivity contribution is 0.424. The third-order valence-electron chi connectivity index (χ3n) is 2.18. The molecule has 3 N–H and O–H groups in total. The molecule has 0 aliphatic carbocycles.